The SMILES string of the molecule is CN=C(NCCCN1CCN(C(=O)OC(C)(C)C)CC1)NCC(OC)C(C)(C)C.I. The zero-order valence-corrected chi connectivity index (χ0v) is 22.5. The summed E-state index contributed by atoms with van der Waals surface area (Å²) in [6.45, 7) is 18.0. The van der Waals surface area contributed by atoms with E-state index in [4.69, 9.17) is 9.47 Å². The second-order valence-electron chi connectivity index (χ2n) is 9.63. The quantitative estimate of drug-likeness (QED) is 0.224. The van der Waals surface area contributed by atoms with Crippen molar-refractivity contribution in [2.45, 2.75) is 59.7 Å². The number of halogens is 1. The molecule has 0 spiro atoms. The summed E-state index contributed by atoms with van der Waals surface area (Å²) in [5, 5.41) is 6.71. The molecule has 1 atom stereocenters. The van der Waals surface area contributed by atoms with E-state index in [0.29, 0.717) is 6.54 Å². The van der Waals surface area contributed by atoms with Gasteiger partial charge < -0.3 is 25.0 Å². The lowest BCUT2D eigenvalue weighted by atomic mass is 9.89. The van der Waals surface area contributed by atoms with Gasteiger partial charge in [0.1, 0.15) is 5.60 Å². The smallest absolute Gasteiger partial charge is 0.410 e. The Morgan fingerprint density at radius 2 is 1.67 bits per heavy atom. The van der Waals surface area contributed by atoms with Gasteiger partial charge in [0, 0.05) is 53.4 Å². The van der Waals surface area contributed by atoms with Gasteiger partial charge in [-0.2, -0.15) is 0 Å². The number of carbonyl (C=O) groups excluding carboxylic acids is 1. The van der Waals surface area contributed by atoms with E-state index in [2.05, 4.69) is 41.3 Å². The molecule has 0 bridgehead atoms. The van der Waals surface area contributed by atoms with Crippen LogP contribution in [0.15, 0.2) is 4.99 Å². The Morgan fingerprint density at radius 3 is 2.13 bits per heavy atom. The molecule has 0 aliphatic carbocycles. The minimum Gasteiger partial charge on any atom is -0.444 e. The first-order valence-electron chi connectivity index (χ1n) is 10.6. The van der Waals surface area contributed by atoms with Gasteiger partial charge in [0.15, 0.2) is 5.96 Å². The number of hydrogen-bond donors (Lipinski definition) is 2. The molecule has 2 N–H and O–H groups in total. The molecule has 1 amide bonds. The largest absolute Gasteiger partial charge is 0.444 e. The van der Waals surface area contributed by atoms with Crippen LogP contribution < -0.4 is 10.6 Å². The zero-order chi connectivity index (χ0) is 22.1. The minimum atomic E-state index is -0.442. The molecule has 178 valence electrons. The fourth-order valence-corrected chi connectivity index (χ4v) is 3.14. The van der Waals surface area contributed by atoms with Gasteiger partial charge in [-0.25, -0.2) is 4.79 Å². The molecule has 0 saturated carbocycles. The maximum atomic E-state index is 12.1. The molecule has 1 unspecified atom stereocenters. The fraction of sp³-hybridized carbons (Fsp3) is 0.905. The van der Waals surface area contributed by atoms with Crippen LogP contribution in [0.4, 0.5) is 4.79 Å². The standard InChI is InChI=1S/C21H43N5O3.HI/c1-20(2,3)17(28-8)16-24-18(22-7)23-10-9-11-25-12-14-26(15-13-25)19(27)29-21(4,5)6;/h17H,9-16H2,1-8H3,(H2,22,23,24);1H. The van der Waals surface area contributed by atoms with Crippen LogP contribution in [-0.2, 0) is 9.47 Å². The highest BCUT2D eigenvalue weighted by Crippen LogP contribution is 2.20. The molecule has 9 heteroatoms. The lowest BCUT2D eigenvalue weighted by Gasteiger charge is -2.35. The molecule has 1 aliphatic heterocycles. The fourth-order valence-electron chi connectivity index (χ4n) is 3.14. The van der Waals surface area contributed by atoms with Crippen molar-refractivity contribution in [2.24, 2.45) is 10.4 Å². The molecule has 1 saturated heterocycles. The molecule has 8 nitrogen and oxygen atoms in total. The van der Waals surface area contributed by atoms with E-state index in [1.807, 2.05) is 20.8 Å². The highest BCUT2D eigenvalue weighted by Gasteiger charge is 2.26. The number of aliphatic imine (C=N–C) groups is 1. The van der Waals surface area contributed by atoms with Crippen LogP contribution in [0.5, 0.6) is 0 Å². The third-order valence-electron chi connectivity index (χ3n) is 4.90. The molecule has 0 aromatic carbocycles. The van der Waals surface area contributed by atoms with E-state index in [9.17, 15) is 4.79 Å². The van der Waals surface area contributed by atoms with Crippen molar-refractivity contribution in [3.8, 4) is 0 Å². The maximum absolute atomic E-state index is 12.1. The van der Waals surface area contributed by atoms with Crippen molar-refractivity contribution in [1.82, 2.24) is 20.4 Å². The van der Waals surface area contributed by atoms with Gasteiger partial charge >= 0.3 is 6.09 Å². The van der Waals surface area contributed by atoms with E-state index >= 15 is 0 Å². The number of carbonyl (C=O) groups is 1. The first-order valence-corrected chi connectivity index (χ1v) is 10.6. The maximum Gasteiger partial charge on any atom is 0.410 e. The summed E-state index contributed by atoms with van der Waals surface area (Å²) >= 11 is 0. The summed E-state index contributed by atoms with van der Waals surface area (Å²) in [6, 6.07) is 0. The number of hydrogen-bond acceptors (Lipinski definition) is 5. The number of nitrogens with one attached hydrogen (secondary N) is 2. The highest BCUT2D eigenvalue weighted by molar-refractivity contribution is 14.0. The van der Waals surface area contributed by atoms with Crippen LogP contribution in [-0.4, -0.2) is 93.5 Å². The van der Waals surface area contributed by atoms with E-state index < -0.39 is 5.60 Å². The van der Waals surface area contributed by atoms with Gasteiger partial charge in [0.2, 0.25) is 0 Å². The molecular formula is C21H44IN5O3. The summed E-state index contributed by atoms with van der Waals surface area (Å²) in [5.41, 5.74) is -0.370. The topological polar surface area (TPSA) is 78.4 Å². The molecule has 30 heavy (non-hydrogen) atoms. The summed E-state index contributed by atoms with van der Waals surface area (Å²) in [6.07, 6.45) is 0.917. The number of rotatable bonds is 7. The van der Waals surface area contributed by atoms with Crippen LogP contribution >= 0.6 is 24.0 Å². The van der Waals surface area contributed by atoms with Crippen molar-refractivity contribution in [3.05, 3.63) is 0 Å². The molecule has 1 aliphatic rings. The number of ether oxygens (including phenoxy) is 2. The Bertz CT molecular complexity index is 524. The van der Waals surface area contributed by atoms with Crippen molar-refractivity contribution in [1.29, 1.82) is 0 Å². The van der Waals surface area contributed by atoms with E-state index in [-0.39, 0.29) is 41.6 Å². The average Bonchev–Trinajstić information content (AvgIpc) is 2.61. The van der Waals surface area contributed by atoms with E-state index in [1.165, 1.54) is 0 Å². The summed E-state index contributed by atoms with van der Waals surface area (Å²) in [7, 11) is 3.53. The number of nitrogens with zero attached hydrogens (tertiary/aromatic N) is 3. The predicted octanol–water partition coefficient (Wildman–Crippen LogP) is 2.77. The molecule has 0 aromatic rings. The van der Waals surface area contributed by atoms with Gasteiger partial charge in [0.05, 0.1) is 6.10 Å². The van der Waals surface area contributed by atoms with Crippen LogP contribution in [0.3, 0.4) is 0 Å². The Kier molecular flexibility index (Phi) is 13.2. The second kappa shape index (κ2) is 13.6. The molecule has 1 rings (SSSR count). The Hall–Kier alpha value is -0.810. The minimum absolute atomic E-state index is 0. The first-order chi connectivity index (χ1) is 13.5. The van der Waals surface area contributed by atoms with Crippen molar-refractivity contribution >= 4 is 36.0 Å². The number of amides is 1. The van der Waals surface area contributed by atoms with Crippen molar-refractivity contribution < 1.29 is 14.3 Å². The summed E-state index contributed by atoms with van der Waals surface area (Å²) in [4.78, 5) is 20.6. The molecule has 0 radical (unpaired) electrons. The van der Waals surface area contributed by atoms with Gasteiger partial charge in [0.25, 0.3) is 0 Å². The Balaban J connectivity index is 0.00000841. The molecule has 1 heterocycles. The molecule has 1 fully saturated rings. The third kappa shape index (κ3) is 11.5. The van der Waals surface area contributed by atoms with Crippen molar-refractivity contribution in [3.63, 3.8) is 0 Å². The summed E-state index contributed by atoms with van der Waals surface area (Å²) < 4.78 is 11.0. The third-order valence-corrected chi connectivity index (χ3v) is 4.90. The normalized spacial score (nSPS) is 17.2. The first kappa shape index (κ1) is 29.2. The molecule has 0 aromatic heterocycles. The Labute approximate surface area is 200 Å². The second-order valence-corrected chi connectivity index (χ2v) is 9.63. The van der Waals surface area contributed by atoms with Crippen LogP contribution in [0, 0.1) is 5.41 Å². The molecular weight excluding hydrogens is 497 g/mol. The lowest BCUT2D eigenvalue weighted by molar-refractivity contribution is 0.0145. The van der Waals surface area contributed by atoms with Gasteiger partial charge in [-0.15, -0.1) is 24.0 Å². The summed E-state index contributed by atoms with van der Waals surface area (Å²) in [5.74, 6) is 0.797. The van der Waals surface area contributed by atoms with Gasteiger partial charge in [-0.1, -0.05) is 20.8 Å². The Morgan fingerprint density at radius 1 is 1.07 bits per heavy atom. The monoisotopic (exact) mass is 541 g/mol. The number of methoxy groups -OCH3 is 1. The number of piperazine rings is 1. The zero-order valence-electron chi connectivity index (χ0n) is 20.2. The van der Waals surface area contributed by atoms with E-state index in [1.54, 1.807) is 19.1 Å². The van der Waals surface area contributed by atoms with Gasteiger partial charge in [-0.05, 0) is 39.2 Å². The van der Waals surface area contributed by atoms with Crippen LogP contribution in [0.2, 0.25) is 0 Å². The van der Waals surface area contributed by atoms with Crippen LogP contribution in [0.1, 0.15) is 48.0 Å². The van der Waals surface area contributed by atoms with Gasteiger partial charge in [-0.3, -0.25) is 9.89 Å². The van der Waals surface area contributed by atoms with Crippen LogP contribution in [0.25, 0.3) is 0 Å². The number of guanidine groups is 1. The predicted molar refractivity (Wildman–Crippen MR) is 134 cm³/mol. The van der Waals surface area contributed by atoms with Crippen molar-refractivity contribution in [2.75, 3.05) is 60.0 Å². The van der Waals surface area contributed by atoms with E-state index in [0.717, 1.165) is 51.6 Å². The highest BCUT2D eigenvalue weighted by atomic mass is 127. The lowest BCUT2D eigenvalue weighted by Crippen LogP contribution is -2.50. The average molecular weight is 542 g/mol.